The van der Waals surface area contributed by atoms with E-state index in [1.54, 1.807) is 37.3 Å². The Morgan fingerprint density at radius 1 is 1.16 bits per heavy atom. The fourth-order valence-corrected chi connectivity index (χ4v) is 2.90. The first-order valence-corrected chi connectivity index (χ1v) is 9.13. The van der Waals surface area contributed by atoms with Crippen LogP contribution in [0.15, 0.2) is 54.7 Å². The highest BCUT2D eigenvalue weighted by molar-refractivity contribution is 6.28. The number of rotatable bonds is 7. The maximum Gasteiger partial charge on any atom is 0.417 e. The van der Waals surface area contributed by atoms with E-state index in [1.165, 1.54) is 6.07 Å². The van der Waals surface area contributed by atoms with Crippen molar-refractivity contribution in [3.8, 4) is 5.82 Å². The van der Waals surface area contributed by atoms with Gasteiger partial charge in [0.15, 0.2) is 12.1 Å². The average Bonchev–Trinajstić information content (AvgIpc) is 3.14. The Morgan fingerprint density at radius 2 is 1.87 bits per heavy atom. The molecule has 0 saturated heterocycles. The third-order valence-electron chi connectivity index (χ3n) is 4.40. The molecular formula is C21H17F3N4O3. The van der Waals surface area contributed by atoms with Crippen molar-refractivity contribution in [2.24, 2.45) is 0 Å². The molecular weight excluding hydrogens is 413 g/mol. The average molecular weight is 430 g/mol. The summed E-state index contributed by atoms with van der Waals surface area (Å²) >= 11 is 0. The first-order chi connectivity index (χ1) is 14.7. The van der Waals surface area contributed by atoms with Crippen LogP contribution in [-0.2, 0) is 22.2 Å². The first kappa shape index (κ1) is 21.9. The summed E-state index contributed by atoms with van der Waals surface area (Å²) in [6, 6.07) is 11.0. The van der Waals surface area contributed by atoms with Gasteiger partial charge >= 0.3 is 6.18 Å². The van der Waals surface area contributed by atoms with Gasteiger partial charge in [-0.1, -0.05) is 30.3 Å². The number of pyridine rings is 1. The van der Waals surface area contributed by atoms with Crippen LogP contribution in [-0.4, -0.2) is 38.8 Å². The molecule has 3 rings (SSSR count). The molecule has 0 aliphatic carbocycles. The van der Waals surface area contributed by atoms with Gasteiger partial charge in [-0.15, -0.1) is 0 Å². The lowest BCUT2D eigenvalue weighted by Gasteiger charge is -2.16. The minimum Gasteiger partial charge on any atom is -0.340 e. The van der Waals surface area contributed by atoms with Crippen LogP contribution in [0.3, 0.4) is 0 Å². The standard InChI is InChI=1S/C21H17F3N4O3/c1-13-9-17(28(27-13)19-8-7-15(11-25-19)21(22,23)24)20(31)26-16(18(30)12-29)10-14-5-3-2-4-6-14/h2-9,11-12,16H,10H2,1H3,(H,26,31). The number of aryl methyl sites for hydroxylation is 1. The van der Waals surface area contributed by atoms with Gasteiger partial charge in [-0.2, -0.15) is 18.3 Å². The molecule has 0 aliphatic heterocycles. The second-order valence-electron chi connectivity index (χ2n) is 6.72. The molecule has 1 N–H and O–H groups in total. The van der Waals surface area contributed by atoms with Gasteiger partial charge in [-0.3, -0.25) is 14.4 Å². The molecule has 1 unspecified atom stereocenters. The molecule has 0 spiro atoms. The van der Waals surface area contributed by atoms with Gasteiger partial charge < -0.3 is 5.32 Å². The molecule has 160 valence electrons. The quantitative estimate of drug-likeness (QED) is 0.460. The first-order valence-electron chi connectivity index (χ1n) is 9.13. The molecule has 0 fully saturated rings. The highest BCUT2D eigenvalue weighted by Gasteiger charge is 2.31. The van der Waals surface area contributed by atoms with Crippen LogP contribution in [0, 0.1) is 6.92 Å². The Morgan fingerprint density at radius 3 is 2.45 bits per heavy atom. The molecule has 2 aromatic heterocycles. The Labute approximate surface area is 174 Å². The molecule has 0 radical (unpaired) electrons. The number of aromatic nitrogens is 3. The number of alkyl halides is 3. The number of carbonyl (C=O) groups is 3. The van der Waals surface area contributed by atoms with Gasteiger partial charge in [-0.25, -0.2) is 9.67 Å². The van der Waals surface area contributed by atoms with E-state index in [9.17, 15) is 27.6 Å². The Balaban J connectivity index is 1.87. The van der Waals surface area contributed by atoms with E-state index in [-0.39, 0.29) is 24.2 Å². The number of Topliss-reactive ketones (excluding diaryl/α,β-unsaturated/α-hetero) is 1. The number of ketones is 1. The maximum absolute atomic E-state index is 12.9. The van der Waals surface area contributed by atoms with E-state index in [0.717, 1.165) is 22.4 Å². The summed E-state index contributed by atoms with van der Waals surface area (Å²) in [7, 11) is 0. The van der Waals surface area contributed by atoms with Crippen molar-refractivity contribution >= 4 is 18.0 Å². The van der Waals surface area contributed by atoms with Crippen LogP contribution >= 0.6 is 0 Å². The fourth-order valence-electron chi connectivity index (χ4n) is 2.90. The lowest BCUT2D eigenvalue weighted by molar-refractivity contribution is -0.137. The van der Waals surface area contributed by atoms with Crippen LogP contribution in [0.4, 0.5) is 13.2 Å². The van der Waals surface area contributed by atoms with Gasteiger partial charge in [0, 0.05) is 12.6 Å². The number of benzene rings is 1. The van der Waals surface area contributed by atoms with Crippen molar-refractivity contribution in [3.05, 3.63) is 77.2 Å². The van der Waals surface area contributed by atoms with E-state index in [4.69, 9.17) is 0 Å². The van der Waals surface area contributed by atoms with Crippen LogP contribution in [0.1, 0.15) is 27.3 Å². The predicted octanol–water partition coefficient (Wildman–Crippen LogP) is 2.70. The normalized spacial score (nSPS) is 12.3. The zero-order valence-corrected chi connectivity index (χ0v) is 16.3. The summed E-state index contributed by atoms with van der Waals surface area (Å²) in [6.45, 7) is 1.59. The minimum atomic E-state index is -4.55. The zero-order chi connectivity index (χ0) is 22.6. The molecule has 1 atom stereocenters. The number of halogens is 3. The molecule has 10 heteroatoms. The van der Waals surface area contributed by atoms with Crippen molar-refractivity contribution in [3.63, 3.8) is 0 Å². The molecule has 3 aromatic rings. The van der Waals surface area contributed by atoms with Crippen molar-refractivity contribution in [1.29, 1.82) is 0 Å². The van der Waals surface area contributed by atoms with E-state index in [1.807, 2.05) is 0 Å². The summed E-state index contributed by atoms with van der Waals surface area (Å²) in [4.78, 5) is 39.7. The van der Waals surface area contributed by atoms with E-state index in [0.29, 0.717) is 11.9 Å². The Hall–Kier alpha value is -3.82. The molecule has 0 saturated carbocycles. The van der Waals surface area contributed by atoms with Crippen molar-refractivity contribution < 1.29 is 27.6 Å². The van der Waals surface area contributed by atoms with Gasteiger partial charge in [0.25, 0.3) is 5.91 Å². The summed E-state index contributed by atoms with van der Waals surface area (Å²) in [5.41, 5.74) is 0.164. The molecule has 2 heterocycles. The molecule has 31 heavy (non-hydrogen) atoms. The maximum atomic E-state index is 12.9. The molecule has 1 amide bonds. The second-order valence-corrected chi connectivity index (χ2v) is 6.72. The highest BCUT2D eigenvalue weighted by Crippen LogP contribution is 2.28. The van der Waals surface area contributed by atoms with Crippen LogP contribution in [0.2, 0.25) is 0 Å². The summed E-state index contributed by atoms with van der Waals surface area (Å²) in [5.74, 6) is -1.54. The Bertz CT molecular complexity index is 1090. The number of hydrogen-bond acceptors (Lipinski definition) is 5. The second kappa shape index (κ2) is 8.90. The van der Waals surface area contributed by atoms with Crippen molar-refractivity contribution in [1.82, 2.24) is 20.1 Å². The molecule has 7 nitrogen and oxygen atoms in total. The van der Waals surface area contributed by atoms with Gasteiger partial charge in [-0.05, 0) is 30.7 Å². The summed E-state index contributed by atoms with van der Waals surface area (Å²) in [5, 5.41) is 6.61. The summed E-state index contributed by atoms with van der Waals surface area (Å²) < 4.78 is 39.4. The number of amides is 1. The number of aldehydes is 1. The number of hydrogen-bond donors (Lipinski definition) is 1. The van der Waals surface area contributed by atoms with Gasteiger partial charge in [0.1, 0.15) is 5.69 Å². The lowest BCUT2D eigenvalue weighted by atomic mass is 10.0. The minimum absolute atomic E-state index is 0.00688. The van der Waals surface area contributed by atoms with Crippen LogP contribution in [0.25, 0.3) is 5.82 Å². The van der Waals surface area contributed by atoms with E-state index >= 15 is 0 Å². The third kappa shape index (κ3) is 5.21. The van der Waals surface area contributed by atoms with E-state index < -0.39 is 29.5 Å². The zero-order valence-electron chi connectivity index (χ0n) is 16.3. The summed E-state index contributed by atoms with van der Waals surface area (Å²) in [6.07, 6.45) is -3.68. The third-order valence-corrected chi connectivity index (χ3v) is 4.40. The molecule has 0 aliphatic rings. The van der Waals surface area contributed by atoms with Gasteiger partial charge in [0.2, 0.25) is 5.78 Å². The number of nitrogens with one attached hydrogen (secondary N) is 1. The molecule has 0 bridgehead atoms. The smallest absolute Gasteiger partial charge is 0.340 e. The van der Waals surface area contributed by atoms with Crippen molar-refractivity contribution in [2.75, 3.05) is 0 Å². The topological polar surface area (TPSA) is 94.0 Å². The van der Waals surface area contributed by atoms with Crippen LogP contribution < -0.4 is 5.32 Å². The number of carbonyl (C=O) groups excluding carboxylic acids is 3. The Kier molecular flexibility index (Phi) is 6.28. The predicted molar refractivity (Wildman–Crippen MR) is 104 cm³/mol. The largest absolute Gasteiger partial charge is 0.417 e. The van der Waals surface area contributed by atoms with Crippen LogP contribution in [0.5, 0.6) is 0 Å². The highest BCUT2D eigenvalue weighted by atomic mass is 19.4. The van der Waals surface area contributed by atoms with Gasteiger partial charge in [0.05, 0.1) is 17.3 Å². The number of nitrogens with zero attached hydrogens (tertiary/aromatic N) is 3. The monoisotopic (exact) mass is 430 g/mol. The fraction of sp³-hybridized carbons (Fsp3) is 0.190. The SMILES string of the molecule is Cc1cc(C(=O)NC(Cc2ccccc2)C(=O)C=O)n(-c2ccc(C(F)(F)F)cn2)n1. The van der Waals surface area contributed by atoms with E-state index in [2.05, 4.69) is 15.4 Å². The van der Waals surface area contributed by atoms with Crippen molar-refractivity contribution in [2.45, 2.75) is 25.6 Å². The lowest BCUT2D eigenvalue weighted by Crippen LogP contribution is -2.43. The molecule has 1 aromatic carbocycles.